The van der Waals surface area contributed by atoms with Crippen LogP contribution in [0.4, 0.5) is 0 Å². The highest BCUT2D eigenvalue weighted by atomic mass is 79.9. The van der Waals surface area contributed by atoms with Gasteiger partial charge in [0, 0.05) is 34.9 Å². The molecule has 5 heteroatoms. The van der Waals surface area contributed by atoms with Gasteiger partial charge in [0.1, 0.15) is 5.75 Å². The molecule has 0 amide bonds. The molecule has 0 aliphatic carbocycles. The Morgan fingerprint density at radius 3 is 2.86 bits per heavy atom. The van der Waals surface area contributed by atoms with Crippen molar-refractivity contribution in [3.63, 3.8) is 0 Å². The lowest BCUT2D eigenvalue weighted by Crippen LogP contribution is -2.20. The fourth-order valence-corrected chi connectivity index (χ4v) is 2.57. The molecule has 21 heavy (non-hydrogen) atoms. The number of pyridine rings is 1. The Bertz CT molecular complexity index is 605. The van der Waals surface area contributed by atoms with Gasteiger partial charge >= 0.3 is 0 Å². The second-order valence-corrected chi connectivity index (χ2v) is 5.67. The van der Waals surface area contributed by atoms with Crippen LogP contribution in [0.1, 0.15) is 30.5 Å². The number of nitrogens with zero attached hydrogens (tertiary/aromatic N) is 1. The molecule has 1 aromatic carbocycles. The first-order valence-corrected chi connectivity index (χ1v) is 7.64. The predicted molar refractivity (Wildman–Crippen MR) is 86.5 cm³/mol. The van der Waals surface area contributed by atoms with E-state index in [1.807, 2.05) is 24.3 Å². The minimum Gasteiger partial charge on any atom is -0.508 e. The van der Waals surface area contributed by atoms with Crippen LogP contribution in [0.25, 0.3) is 0 Å². The summed E-state index contributed by atoms with van der Waals surface area (Å²) in [5.41, 5.74) is 1.99. The summed E-state index contributed by atoms with van der Waals surface area (Å²) in [6, 6.07) is 9.42. The molecule has 1 atom stereocenters. The molecule has 4 nitrogen and oxygen atoms in total. The van der Waals surface area contributed by atoms with Gasteiger partial charge in [-0.05, 0) is 36.2 Å². The van der Waals surface area contributed by atoms with Gasteiger partial charge in [-0.1, -0.05) is 22.9 Å². The van der Waals surface area contributed by atoms with E-state index in [2.05, 4.69) is 33.2 Å². The number of benzene rings is 1. The van der Waals surface area contributed by atoms with E-state index in [9.17, 15) is 5.11 Å². The number of halogens is 1. The zero-order valence-electron chi connectivity index (χ0n) is 12.1. The number of phenolic OH excluding ortho intramolecular Hbond substituents is 1. The summed E-state index contributed by atoms with van der Waals surface area (Å²) in [5, 5.41) is 13.5. The van der Waals surface area contributed by atoms with E-state index < -0.39 is 0 Å². The van der Waals surface area contributed by atoms with Crippen molar-refractivity contribution in [1.82, 2.24) is 10.3 Å². The molecule has 0 aliphatic rings. The van der Waals surface area contributed by atoms with Crippen LogP contribution in [0, 0.1) is 0 Å². The van der Waals surface area contributed by atoms with E-state index in [1.54, 1.807) is 19.4 Å². The molecule has 2 N–H and O–H groups in total. The Morgan fingerprint density at radius 2 is 2.14 bits per heavy atom. The van der Waals surface area contributed by atoms with E-state index in [0.717, 1.165) is 22.0 Å². The summed E-state index contributed by atoms with van der Waals surface area (Å²) < 4.78 is 6.08. The van der Waals surface area contributed by atoms with Crippen molar-refractivity contribution in [2.45, 2.75) is 25.9 Å². The Labute approximate surface area is 133 Å². The average molecular weight is 351 g/mol. The maximum Gasteiger partial charge on any atom is 0.213 e. The fraction of sp³-hybridized carbons (Fsp3) is 0.312. The highest BCUT2D eigenvalue weighted by Crippen LogP contribution is 2.29. The Hall–Kier alpha value is -1.59. The van der Waals surface area contributed by atoms with Gasteiger partial charge in [0.25, 0.3) is 0 Å². The molecule has 0 saturated heterocycles. The Morgan fingerprint density at radius 1 is 1.33 bits per heavy atom. The molecule has 0 aliphatic heterocycles. The SMILES string of the molecule is CCC(NCc1ccnc(OC)c1)c1cc(Br)ccc1O. The molecular formula is C16H19BrN2O2. The second-order valence-electron chi connectivity index (χ2n) is 4.75. The van der Waals surface area contributed by atoms with E-state index in [0.29, 0.717) is 18.2 Å². The van der Waals surface area contributed by atoms with Crippen molar-refractivity contribution in [3.05, 3.63) is 52.1 Å². The van der Waals surface area contributed by atoms with Crippen LogP contribution >= 0.6 is 15.9 Å². The first kappa shape index (κ1) is 15.8. The molecule has 2 aromatic rings. The summed E-state index contributed by atoms with van der Waals surface area (Å²) in [5.74, 6) is 0.914. The molecule has 0 radical (unpaired) electrons. The highest BCUT2D eigenvalue weighted by molar-refractivity contribution is 9.10. The maximum absolute atomic E-state index is 10.0. The summed E-state index contributed by atoms with van der Waals surface area (Å²) >= 11 is 3.45. The number of rotatable bonds is 6. The molecule has 2 rings (SSSR count). The second kappa shape index (κ2) is 7.43. The molecule has 0 spiro atoms. The molecule has 0 fully saturated rings. The third-order valence-electron chi connectivity index (χ3n) is 3.33. The lowest BCUT2D eigenvalue weighted by molar-refractivity contribution is 0.396. The quantitative estimate of drug-likeness (QED) is 0.831. The van der Waals surface area contributed by atoms with Gasteiger partial charge in [-0.3, -0.25) is 0 Å². The van der Waals surface area contributed by atoms with Gasteiger partial charge in [-0.15, -0.1) is 0 Å². The number of hydrogen-bond donors (Lipinski definition) is 2. The van der Waals surface area contributed by atoms with Crippen LogP contribution in [-0.2, 0) is 6.54 Å². The number of phenols is 1. The smallest absolute Gasteiger partial charge is 0.213 e. The van der Waals surface area contributed by atoms with Crippen LogP contribution in [0.15, 0.2) is 41.0 Å². The minimum atomic E-state index is 0.0849. The predicted octanol–water partition coefficient (Wildman–Crippen LogP) is 3.80. The normalized spacial score (nSPS) is 12.1. The van der Waals surface area contributed by atoms with Crippen molar-refractivity contribution in [3.8, 4) is 11.6 Å². The van der Waals surface area contributed by atoms with Crippen molar-refractivity contribution < 1.29 is 9.84 Å². The van der Waals surface area contributed by atoms with Gasteiger partial charge < -0.3 is 15.2 Å². The summed E-state index contributed by atoms with van der Waals surface area (Å²) in [7, 11) is 1.61. The first-order chi connectivity index (χ1) is 10.1. The Balaban J connectivity index is 2.10. The van der Waals surface area contributed by atoms with Crippen molar-refractivity contribution >= 4 is 15.9 Å². The number of hydrogen-bond acceptors (Lipinski definition) is 4. The number of aromatic hydroxyl groups is 1. The highest BCUT2D eigenvalue weighted by Gasteiger charge is 2.13. The zero-order valence-corrected chi connectivity index (χ0v) is 13.7. The number of aromatic nitrogens is 1. The van der Waals surface area contributed by atoms with Crippen molar-refractivity contribution in [2.75, 3.05) is 7.11 Å². The lowest BCUT2D eigenvalue weighted by atomic mass is 10.0. The lowest BCUT2D eigenvalue weighted by Gasteiger charge is -2.19. The van der Waals surface area contributed by atoms with Crippen LogP contribution < -0.4 is 10.1 Å². The van der Waals surface area contributed by atoms with Crippen LogP contribution in [-0.4, -0.2) is 17.2 Å². The number of methoxy groups -OCH3 is 1. The van der Waals surface area contributed by atoms with Gasteiger partial charge in [0.15, 0.2) is 0 Å². The van der Waals surface area contributed by atoms with Crippen LogP contribution in [0.3, 0.4) is 0 Å². The van der Waals surface area contributed by atoms with Gasteiger partial charge in [-0.2, -0.15) is 0 Å². The molecular weight excluding hydrogens is 332 g/mol. The summed E-state index contributed by atoms with van der Waals surface area (Å²) in [6.45, 7) is 2.77. The van der Waals surface area contributed by atoms with E-state index in [4.69, 9.17) is 4.74 Å². The zero-order chi connectivity index (χ0) is 15.2. The average Bonchev–Trinajstić information content (AvgIpc) is 2.51. The summed E-state index contributed by atoms with van der Waals surface area (Å²) in [6.07, 6.45) is 2.61. The standard InChI is InChI=1S/C16H19BrN2O2/c1-3-14(13-9-12(17)4-5-15(13)20)19-10-11-6-7-18-16(8-11)21-2/h4-9,14,19-20H,3,10H2,1-2H3. The fourth-order valence-electron chi connectivity index (χ4n) is 2.19. The number of ether oxygens (including phenoxy) is 1. The van der Waals surface area contributed by atoms with E-state index in [-0.39, 0.29) is 6.04 Å². The van der Waals surface area contributed by atoms with Gasteiger partial charge in [0.05, 0.1) is 7.11 Å². The topological polar surface area (TPSA) is 54.4 Å². The monoisotopic (exact) mass is 350 g/mol. The summed E-state index contributed by atoms with van der Waals surface area (Å²) in [4.78, 5) is 4.09. The number of nitrogens with one attached hydrogen (secondary N) is 1. The molecule has 1 unspecified atom stereocenters. The van der Waals surface area contributed by atoms with Crippen LogP contribution in [0.5, 0.6) is 11.6 Å². The third-order valence-corrected chi connectivity index (χ3v) is 3.83. The molecule has 1 aromatic heterocycles. The van der Waals surface area contributed by atoms with E-state index in [1.165, 1.54) is 0 Å². The largest absolute Gasteiger partial charge is 0.508 e. The molecule has 0 saturated carbocycles. The van der Waals surface area contributed by atoms with Gasteiger partial charge in [-0.25, -0.2) is 4.98 Å². The first-order valence-electron chi connectivity index (χ1n) is 6.84. The molecule has 112 valence electrons. The molecule has 1 heterocycles. The molecule has 0 bridgehead atoms. The third kappa shape index (κ3) is 4.19. The van der Waals surface area contributed by atoms with Gasteiger partial charge in [0.2, 0.25) is 5.88 Å². The minimum absolute atomic E-state index is 0.0849. The van der Waals surface area contributed by atoms with Crippen molar-refractivity contribution in [2.24, 2.45) is 0 Å². The van der Waals surface area contributed by atoms with Crippen LogP contribution in [0.2, 0.25) is 0 Å². The maximum atomic E-state index is 10.0. The van der Waals surface area contributed by atoms with Crippen molar-refractivity contribution in [1.29, 1.82) is 0 Å². The Kier molecular flexibility index (Phi) is 5.59. The van der Waals surface area contributed by atoms with E-state index >= 15 is 0 Å².